The monoisotopic (exact) mass is 834 g/mol. The van der Waals surface area contributed by atoms with Crippen LogP contribution in [0.4, 0.5) is 0 Å². The van der Waals surface area contributed by atoms with Crippen LogP contribution in [0.5, 0.6) is 0 Å². The third kappa shape index (κ3) is 30.8. The fourth-order valence-electron chi connectivity index (χ4n) is 7.54. The van der Waals surface area contributed by atoms with Crippen LogP contribution in [-0.2, 0) is 14.3 Å². The van der Waals surface area contributed by atoms with Crippen LogP contribution in [0.2, 0.25) is 0 Å². The van der Waals surface area contributed by atoms with Crippen molar-refractivity contribution in [2.24, 2.45) is 0 Å². The number of carbonyl (C=O) groups excluding carboxylic acids is 1. The second-order valence-corrected chi connectivity index (χ2v) is 16.9. The molecule has 1 heterocycles. The molecule has 0 aromatic rings. The van der Waals surface area contributed by atoms with Crippen LogP contribution in [-0.4, -0.2) is 87.5 Å². The van der Waals surface area contributed by atoms with Crippen molar-refractivity contribution < 1.29 is 39.8 Å². The SMILES string of the molecule is C/C=C/CC/C=C/CC/C=C/C(O)C(COC1OC(CO)C(O)C(O)C1O)NC(=O)CCCCCCCCCCCCCCCCC/C=C\CCCCCCCCCC. The van der Waals surface area contributed by atoms with E-state index in [0.717, 1.165) is 44.9 Å². The average Bonchev–Trinajstić information content (AvgIpc) is 3.23. The maximum Gasteiger partial charge on any atom is 0.220 e. The first-order chi connectivity index (χ1) is 28.8. The Morgan fingerprint density at radius 2 is 1.03 bits per heavy atom. The van der Waals surface area contributed by atoms with E-state index in [1.54, 1.807) is 6.08 Å². The quantitative estimate of drug-likeness (QED) is 0.0264. The molecule has 9 heteroatoms. The van der Waals surface area contributed by atoms with Gasteiger partial charge in [-0.3, -0.25) is 4.79 Å². The Morgan fingerprint density at radius 3 is 1.53 bits per heavy atom. The van der Waals surface area contributed by atoms with Crippen molar-refractivity contribution >= 4 is 5.91 Å². The standard InChI is InChI=1S/C50H91NO8/c1-3-5-7-9-11-13-14-15-16-17-18-19-20-21-22-23-24-25-26-27-28-29-30-32-34-36-38-40-46(54)51-43(44(53)39-37-35-33-31-12-10-8-6-4-2)42-58-50-49(57)48(56)47(55)45(41-52)59-50/h4,6,12,17-18,31,37,39,43-45,47-50,52-53,55-57H,3,5,7-11,13-16,19-30,32-36,38,40-42H2,1-2H3,(H,51,54)/b6-4+,18-17-,31-12+,39-37+. The number of rotatable bonds is 40. The van der Waals surface area contributed by atoms with Gasteiger partial charge in [0.1, 0.15) is 24.4 Å². The summed E-state index contributed by atoms with van der Waals surface area (Å²) in [5.41, 5.74) is 0. The van der Waals surface area contributed by atoms with Gasteiger partial charge in [0, 0.05) is 6.42 Å². The van der Waals surface area contributed by atoms with Crippen LogP contribution in [0, 0.1) is 0 Å². The lowest BCUT2D eigenvalue weighted by Crippen LogP contribution is -2.60. The normalized spacial score (nSPS) is 21.1. The molecular formula is C50H91NO8. The molecule has 0 aromatic carbocycles. The maximum absolute atomic E-state index is 12.9. The van der Waals surface area contributed by atoms with Crippen molar-refractivity contribution in [1.82, 2.24) is 5.32 Å². The lowest BCUT2D eigenvalue weighted by molar-refractivity contribution is -0.302. The van der Waals surface area contributed by atoms with Crippen molar-refractivity contribution in [3.05, 3.63) is 48.6 Å². The van der Waals surface area contributed by atoms with Gasteiger partial charge in [-0.15, -0.1) is 0 Å². The van der Waals surface area contributed by atoms with Gasteiger partial charge in [-0.25, -0.2) is 0 Å². The summed E-state index contributed by atoms with van der Waals surface area (Å²) >= 11 is 0. The molecule has 1 saturated heterocycles. The van der Waals surface area contributed by atoms with Crippen LogP contribution in [0.25, 0.3) is 0 Å². The van der Waals surface area contributed by atoms with E-state index in [-0.39, 0.29) is 12.5 Å². The van der Waals surface area contributed by atoms with Crippen LogP contribution in [0.15, 0.2) is 48.6 Å². The Morgan fingerprint density at radius 1 is 0.593 bits per heavy atom. The first-order valence-corrected chi connectivity index (χ1v) is 24.3. The molecule has 7 atom stereocenters. The summed E-state index contributed by atoms with van der Waals surface area (Å²) in [5, 5.41) is 54.0. The Balaban J connectivity index is 2.17. The van der Waals surface area contributed by atoms with Gasteiger partial charge in [0.2, 0.25) is 5.91 Å². The number of allylic oxidation sites excluding steroid dienone is 7. The second kappa shape index (κ2) is 40.2. The van der Waals surface area contributed by atoms with E-state index >= 15 is 0 Å². The summed E-state index contributed by atoms with van der Waals surface area (Å²) in [6, 6.07) is -0.825. The molecule has 1 rings (SSSR count). The zero-order valence-corrected chi connectivity index (χ0v) is 37.7. The molecule has 0 spiro atoms. The summed E-state index contributed by atoms with van der Waals surface area (Å²) in [7, 11) is 0. The van der Waals surface area contributed by atoms with Crippen molar-refractivity contribution in [3.63, 3.8) is 0 Å². The molecule has 0 saturated carbocycles. The van der Waals surface area contributed by atoms with Gasteiger partial charge in [-0.05, 0) is 64.7 Å². The smallest absolute Gasteiger partial charge is 0.220 e. The number of aliphatic hydroxyl groups excluding tert-OH is 5. The Kier molecular flexibility index (Phi) is 37.6. The fourth-order valence-corrected chi connectivity index (χ4v) is 7.54. The third-order valence-electron chi connectivity index (χ3n) is 11.4. The zero-order valence-electron chi connectivity index (χ0n) is 37.7. The molecule has 9 nitrogen and oxygen atoms in total. The molecule has 1 aliphatic rings. The summed E-state index contributed by atoms with van der Waals surface area (Å²) in [6.07, 6.45) is 44.9. The molecule has 0 bridgehead atoms. The average molecular weight is 834 g/mol. The van der Waals surface area contributed by atoms with Gasteiger partial charge in [-0.1, -0.05) is 184 Å². The number of hydrogen-bond acceptors (Lipinski definition) is 8. The zero-order chi connectivity index (χ0) is 43.0. The maximum atomic E-state index is 12.9. The van der Waals surface area contributed by atoms with E-state index in [0.29, 0.717) is 6.42 Å². The van der Waals surface area contributed by atoms with Gasteiger partial charge in [-0.2, -0.15) is 0 Å². The summed E-state index contributed by atoms with van der Waals surface area (Å²) in [4.78, 5) is 12.9. The predicted molar refractivity (Wildman–Crippen MR) is 244 cm³/mol. The van der Waals surface area contributed by atoms with E-state index in [2.05, 4.69) is 42.6 Å². The molecule has 0 aromatic heterocycles. The molecular weight excluding hydrogens is 743 g/mol. The molecule has 59 heavy (non-hydrogen) atoms. The highest BCUT2D eigenvalue weighted by Crippen LogP contribution is 2.23. The lowest BCUT2D eigenvalue weighted by atomic mass is 9.99. The van der Waals surface area contributed by atoms with Crippen LogP contribution in [0.3, 0.4) is 0 Å². The molecule has 6 N–H and O–H groups in total. The number of ether oxygens (including phenoxy) is 2. The number of aliphatic hydroxyl groups is 5. The lowest BCUT2D eigenvalue weighted by Gasteiger charge is -2.40. The van der Waals surface area contributed by atoms with E-state index in [9.17, 15) is 30.3 Å². The van der Waals surface area contributed by atoms with Gasteiger partial charge in [0.25, 0.3) is 0 Å². The van der Waals surface area contributed by atoms with Crippen LogP contribution in [0.1, 0.15) is 206 Å². The number of amides is 1. The minimum atomic E-state index is -1.57. The fraction of sp³-hybridized carbons (Fsp3) is 0.820. The summed E-state index contributed by atoms with van der Waals surface area (Å²) in [6.45, 7) is 3.51. The minimum Gasteiger partial charge on any atom is -0.394 e. The second-order valence-electron chi connectivity index (χ2n) is 16.9. The van der Waals surface area contributed by atoms with Crippen LogP contribution >= 0.6 is 0 Å². The predicted octanol–water partition coefficient (Wildman–Crippen LogP) is 10.6. The van der Waals surface area contributed by atoms with Gasteiger partial charge in [0.05, 0.1) is 25.4 Å². The van der Waals surface area contributed by atoms with Crippen molar-refractivity contribution in [1.29, 1.82) is 0 Å². The molecule has 0 aliphatic carbocycles. The van der Waals surface area contributed by atoms with E-state index < -0.39 is 49.5 Å². The number of nitrogens with one attached hydrogen (secondary N) is 1. The van der Waals surface area contributed by atoms with Gasteiger partial charge < -0.3 is 40.3 Å². The summed E-state index contributed by atoms with van der Waals surface area (Å²) < 4.78 is 11.2. The van der Waals surface area contributed by atoms with E-state index in [1.165, 1.54) is 141 Å². The highest BCUT2D eigenvalue weighted by Gasteiger charge is 2.44. The topological polar surface area (TPSA) is 149 Å². The first-order valence-electron chi connectivity index (χ1n) is 24.3. The minimum absolute atomic E-state index is 0.194. The van der Waals surface area contributed by atoms with Crippen molar-refractivity contribution in [2.45, 2.75) is 249 Å². The number of carbonyl (C=O) groups is 1. The van der Waals surface area contributed by atoms with Crippen molar-refractivity contribution in [3.8, 4) is 0 Å². The molecule has 344 valence electrons. The first kappa shape index (κ1) is 55.2. The number of hydrogen-bond donors (Lipinski definition) is 6. The highest BCUT2D eigenvalue weighted by atomic mass is 16.7. The Bertz CT molecular complexity index is 1060. The molecule has 7 unspecified atom stereocenters. The largest absolute Gasteiger partial charge is 0.394 e. The number of unbranched alkanes of at least 4 members (excludes halogenated alkanes) is 25. The van der Waals surface area contributed by atoms with E-state index in [1.807, 2.05) is 19.1 Å². The van der Waals surface area contributed by atoms with Crippen molar-refractivity contribution in [2.75, 3.05) is 13.2 Å². The highest BCUT2D eigenvalue weighted by molar-refractivity contribution is 5.76. The summed E-state index contributed by atoms with van der Waals surface area (Å²) in [5.74, 6) is -0.194. The molecule has 1 amide bonds. The Labute approximate surface area is 361 Å². The van der Waals surface area contributed by atoms with Gasteiger partial charge >= 0.3 is 0 Å². The third-order valence-corrected chi connectivity index (χ3v) is 11.4. The van der Waals surface area contributed by atoms with E-state index in [4.69, 9.17) is 9.47 Å². The molecule has 0 radical (unpaired) electrons. The molecule has 1 aliphatic heterocycles. The Hall–Kier alpha value is -1.85. The van der Waals surface area contributed by atoms with Gasteiger partial charge in [0.15, 0.2) is 6.29 Å². The van der Waals surface area contributed by atoms with Crippen LogP contribution < -0.4 is 5.32 Å². The molecule has 1 fully saturated rings.